The summed E-state index contributed by atoms with van der Waals surface area (Å²) in [6, 6.07) is 5.89. The molecule has 11 nitrogen and oxygen atoms in total. The zero-order valence-corrected chi connectivity index (χ0v) is 20.9. The van der Waals surface area contributed by atoms with Crippen LogP contribution < -0.4 is 10.6 Å². The fourth-order valence-electron chi connectivity index (χ4n) is 5.10. The zero-order valence-electron chi connectivity index (χ0n) is 20.9. The van der Waals surface area contributed by atoms with Gasteiger partial charge < -0.3 is 15.4 Å². The second-order valence-corrected chi connectivity index (χ2v) is 10.1. The van der Waals surface area contributed by atoms with E-state index < -0.39 is 5.67 Å². The molecule has 0 radical (unpaired) electrons. The predicted molar refractivity (Wildman–Crippen MR) is 135 cm³/mol. The Morgan fingerprint density at radius 3 is 2.72 bits per heavy atom. The average Bonchev–Trinajstić information content (AvgIpc) is 3.42. The van der Waals surface area contributed by atoms with Crippen molar-refractivity contribution in [1.29, 1.82) is 0 Å². The van der Waals surface area contributed by atoms with Crippen molar-refractivity contribution in [3.63, 3.8) is 0 Å². The van der Waals surface area contributed by atoms with Crippen LogP contribution in [0.25, 0.3) is 27.9 Å². The maximum atomic E-state index is 15.7. The molecule has 0 amide bonds. The lowest BCUT2D eigenvalue weighted by Gasteiger charge is -2.46. The Balaban J connectivity index is 1.31. The fraction of sp³-hybridized carbons (Fsp3) is 0.542. The molecule has 0 bridgehead atoms. The molecule has 4 aromatic heterocycles. The number of aromatic nitrogens is 7. The van der Waals surface area contributed by atoms with Crippen molar-refractivity contribution in [2.75, 3.05) is 44.0 Å². The molecule has 6 heterocycles. The van der Waals surface area contributed by atoms with Gasteiger partial charge in [0.2, 0.25) is 5.95 Å². The number of likely N-dealkylation sites (tertiary alicyclic amines) is 1. The van der Waals surface area contributed by atoms with E-state index in [4.69, 9.17) is 14.7 Å². The Hall–Kier alpha value is -3.38. The van der Waals surface area contributed by atoms with Crippen LogP contribution in [-0.2, 0) is 4.74 Å². The van der Waals surface area contributed by atoms with Gasteiger partial charge in [-0.15, -0.1) is 10.2 Å². The van der Waals surface area contributed by atoms with Crippen molar-refractivity contribution < 1.29 is 9.13 Å². The number of piperidine rings is 1. The quantitative estimate of drug-likeness (QED) is 0.418. The summed E-state index contributed by atoms with van der Waals surface area (Å²) in [4.78, 5) is 11.7. The highest BCUT2D eigenvalue weighted by atomic mass is 19.1. The van der Waals surface area contributed by atoms with Gasteiger partial charge in [0.05, 0.1) is 37.0 Å². The molecule has 2 N–H and O–H groups in total. The van der Waals surface area contributed by atoms with E-state index >= 15 is 4.39 Å². The monoisotopic (exact) mass is 494 g/mol. The number of fused-ring (bicyclic) bond motifs is 2. The zero-order chi connectivity index (χ0) is 25.0. The molecule has 6 rings (SSSR count). The van der Waals surface area contributed by atoms with Gasteiger partial charge in [0.15, 0.2) is 11.5 Å². The Morgan fingerprint density at radius 1 is 1.19 bits per heavy atom. The normalized spacial score (nSPS) is 23.4. The molecule has 0 saturated carbocycles. The van der Waals surface area contributed by atoms with Crippen LogP contribution in [0.5, 0.6) is 0 Å². The minimum Gasteiger partial charge on any atom is -0.378 e. The van der Waals surface area contributed by atoms with Gasteiger partial charge in [-0.3, -0.25) is 4.90 Å². The summed E-state index contributed by atoms with van der Waals surface area (Å²) >= 11 is 0. The van der Waals surface area contributed by atoms with Gasteiger partial charge in [-0.2, -0.15) is 4.98 Å². The van der Waals surface area contributed by atoms with E-state index in [0.717, 1.165) is 34.5 Å². The molecule has 36 heavy (non-hydrogen) atoms. The average molecular weight is 495 g/mol. The van der Waals surface area contributed by atoms with Crippen molar-refractivity contribution >= 4 is 28.4 Å². The topological polar surface area (TPSA) is 110 Å². The Kier molecular flexibility index (Phi) is 5.52. The lowest BCUT2D eigenvalue weighted by molar-refractivity contribution is -0.0924. The largest absolute Gasteiger partial charge is 0.378 e. The first-order chi connectivity index (χ1) is 17.3. The molecule has 4 aromatic rings. The number of pyridine rings is 1. The fourth-order valence-corrected chi connectivity index (χ4v) is 5.10. The summed E-state index contributed by atoms with van der Waals surface area (Å²) in [5, 5.41) is 19.6. The van der Waals surface area contributed by atoms with Crippen LogP contribution in [0.1, 0.15) is 33.2 Å². The van der Waals surface area contributed by atoms with Crippen LogP contribution in [0.4, 0.5) is 16.2 Å². The number of hydrogen-bond acceptors (Lipinski definition) is 9. The van der Waals surface area contributed by atoms with E-state index in [9.17, 15) is 0 Å². The van der Waals surface area contributed by atoms with Crippen LogP contribution in [0.2, 0.25) is 0 Å². The highest BCUT2D eigenvalue weighted by Crippen LogP contribution is 2.33. The highest BCUT2D eigenvalue weighted by Gasteiger charge is 2.43. The Morgan fingerprint density at radius 2 is 2.03 bits per heavy atom. The molecule has 0 spiro atoms. The van der Waals surface area contributed by atoms with Crippen molar-refractivity contribution in [3.8, 4) is 11.3 Å². The number of anilines is 2. The Labute approximate surface area is 208 Å². The number of rotatable bonds is 6. The van der Waals surface area contributed by atoms with Gasteiger partial charge in [0, 0.05) is 31.9 Å². The summed E-state index contributed by atoms with van der Waals surface area (Å²) in [7, 11) is 1.82. The molecule has 2 atom stereocenters. The predicted octanol–water partition coefficient (Wildman–Crippen LogP) is 2.77. The number of hydrogen-bond donors (Lipinski definition) is 2. The SMILES string of the molecule is CNc1nc(NC2CCN(C3COC3)CC2(C)F)nn2ccc(-c3ccc4nnn(C(C)C)c4n3)c12. The Bertz CT molecular complexity index is 1410. The maximum absolute atomic E-state index is 15.7. The summed E-state index contributed by atoms with van der Waals surface area (Å²) in [5.41, 5.74) is 2.52. The summed E-state index contributed by atoms with van der Waals surface area (Å²) < 4.78 is 24.5. The first-order valence-electron chi connectivity index (χ1n) is 12.4. The molecule has 2 aliphatic rings. The number of alkyl halides is 1. The van der Waals surface area contributed by atoms with Gasteiger partial charge in [-0.25, -0.2) is 18.6 Å². The highest BCUT2D eigenvalue weighted by molar-refractivity contribution is 5.89. The second kappa shape index (κ2) is 8.63. The third-order valence-electron chi connectivity index (χ3n) is 7.22. The molecule has 12 heteroatoms. The molecule has 190 valence electrons. The van der Waals surface area contributed by atoms with Gasteiger partial charge in [0.25, 0.3) is 0 Å². The van der Waals surface area contributed by atoms with Gasteiger partial charge in [0.1, 0.15) is 16.7 Å². The molecular formula is C24H31FN10O. The van der Waals surface area contributed by atoms with Crippen molar-refractivity contribution in [2.24, 2.45) is 0 Å². The molecule has 0 aromatic carbocycles. The third kappa shape index (κ3) is 3.84. The standard InChI is InChI=1S/C24H31FN10O/c1-14(2)35-22-18(30-32-35)6-5-17(27-22)16-7-10-34-20(16)21(26-4)29-23(31-34)28-19-8-9-33(13-24(19,3)25)15-11-36-12-15/h5-7,10,14-15,19H,8-9,11-13H2,1-4H3,(H2,26,28,29,31). The van der Waals surface area contributed by atoms with Crippen LogP contribution in [0, 0.1) is 0 Å². The second-order valence-electron chi connectivity index (χ2n) is 10.1. The number of ether oxygens (including phenoxy) is 1. The van der Waals surface area contributed by atoms with E-state index in [1.165, 1.54) is 0 Å². The van der Waals surface area contributed by atoms with E-state index in [1.54, 1.807) is 11.4 Å². The van der Waals surface area contributed by atoms with E-state index in [0.29, 0.717) is 44.0 Å². The minimum atomic E-state index is -1.42. The first kappa shape index (κ1) is 23.0. The molecule has 2 unspecified atom stereocenters. The minimum absolute atomic E-state index is 0.142. The number of halogens is 1. The third-order valence-corrected chi connectivity index (χ3v) is 7.22. The molecule has 2 aliphatic heterocycles. The van der Waals surface area contributed by atoms with Crippen LogP contribution in [0.15, 0.2) is 24.4 Å². The molecular weight excluding hydrogens is 463 g/mol. The van der Waals surface area contributed by atoms with Crippen LogP contribution in [0.3, 0.4) is 0 Å². The lowest BCUT2D eigenvalue weighted by Crippen LogP contribution is -2.61. The van der Waals surface area contributed by atoms with Crippen LogP contribution >= 0.6 is 0 Å². The summed E-state index contributed by atoms with van der Waals surface area (Å²) in [5.74, 6) is 1.02. The molecule has 2 saturated heterocycles. The smallest absolute Gasteiger partial charge is 0.243 e. The maximum Gasteiger partial charge on any atom is 0.243 e. The number of nitrogens with one attached hydrogen (secondary N) is 2. The number of nitrogens with zero attached hydrogens (tertiary/aromatic N) is 8. The van der Waals surface area contributed by atoms with Crippen molar-refractivity contribution in [1.82, 2.24) is 39.5 Å². The van der Waals surface area contributed by atoms with Gasteiger partial charge in [-0.05, 0) is 45.4 Å². The molecule has 0 aliphatic carbocycles. The van der Waals surface area contributed by atoms with E-state index in [2.05, 4.69) is 30.9 Å². The first-order valence-corrected chi connectivity index (χ1v) is 12.4. The summed E-state index contributed by atoms with van der Waals surface area (Å²) in [6.07, 6.45) is 2.54. The summed E-state index contributed by atoms with van der Waals surface area (Å²) in [6.45, 7) is 8.30. The lowest BCUT2D eigenvalue weighted by atomic mass is 9.89. The van der Waals surface area contributed by atoms with Crippen LogP contribution in [-0.4, -0.2) is 90.6 Å². The van der Waals surface area contributed by atoms with Gasteiger partial charge >= 0.3 is 0 Å². The van der Waals surface area contributed by atoms with E-state index in [-0.39, 0.29) is 12.1 Å². The van der Waals surface area contributed by atoms with Gasteiger partial charge in [-0.1, -0.05) is 5.21 Å². The van der Waals surface area contributed by atoms with E-state index in [1.807, 2.05) is 50.0 Å². The van der Waals surface area contributed by atoms with Crippen molar-refractivity contribution in [2.45, 2.75) is 51.0 Å². The van der Waals surface area contributed by atoms with Crippen molar-refractivity contribution in [3.05, 3.63) is 24.4 Å². The molecule has 2 fully saturated rings.